The maximum atomic E-state index is 12.0. The first-order chi connectivity index (χ1) is 10.4. The molecule has 2 fully saturated rings. The Bertz CT molecular complexity index is 744. The first-order valence-corrected chi connectivity index (χ1v) is 8.68. The number of amides is 1. The van der Waals surface area contributed by atoms with Gasteiger partial charge in [-0.3, -0.25) is 9.10 Å². The van der Waals surface area contributed by atoms with Gasteiger partial charge in [0.05, 0.1) is 17.0 Å². The third-order valence-corrected chi connectivity index (χ3v) is 5.79. The first-order valence-electron chi connectivity index (χ1n) is 7.08. The molecule has 7 nitrogen and oxygen atoms in total. The van der Waals surface area contributed by atoms with Crippen molar-refractivity contribution in [3.05, 3.63) is 23.8 Å². The lowest BCUT2D eigenvalue weighted by Crippen LogP contribution is -2.27. The van der Waals surface area contributed by atoms with E-state index in [1.54, 1.807) is 6.07 Å². The summed E-state index contributed by atoms with van der Waals surface area (Å²) in [5.74, 6) is -1.16. The Morgan fingerprint density at radius 1 is 1.09 bits per heavy atom. The number of aromatic carboxylic acids is 1. The molecule has 0 spiro atoms. The summed E-state index contributed by atoms with van der Waals surface area (Å²) in [6.07, 6.45) is 1.65. The van der Waals surface area contributed by atoms with Crippen LogP contribution in [0.25, 0.3) is 0 Å². The van der Waals surface area contributed by atoms with E-state index in [9.17, 15) is 23.1 Å². The molecule has 3 rings (SSSR count). The zero-order valence-electron chi connectivity index (χ0n) is 11.9. The van der Waals surface area contributed by atoms with Crippen LogP contribution in [-0.4, -0.2) is 44.2 Å². The topological polar surface area (TPSA) is 95.0 Å². The quantitative estimate of drug-likeness (QED) is 0.897. The van der Waals surface area contributed by atoms with E-state index in [0.29, 0.717) is 43.7 Å². The number of sulfonamides is 1. The van der Waals surface area contributed by atoms with E-state index >= 15 is 0 Å². The van der Waals surface area contributed by atoms with Crippen molar-refractivity contribution in [3.63, 3.8) is 0 Å². The number of hydrogen-bond acceptors (Lipinski definition) is 4. The number of carboxylic acid groups (broad SMARTS) is 1. The molecular formula is C14H16N2O5S. The van der Waals surface area contributed by atoms with Crippen LogP contribution < -0.4 is 9.21 Å². The molecule has 1 N–H and O–H groups in total. The number of rotatable bonds is 3. The van der Waals surface area contributed by atoms with Gasteiger partial charge in [0.1, 0.15) is 0 Å². The Morgan fingerprint density at radius 2 is 1.82 bits per heavy atom. The second kappa shape index (κ2) is 5.28. The summed E-state index contributed by atoms with van der Waals surface area (Å²) < 4.78 is 25.3. The smallest absolute Gasteiger partial charge is 0.335 e. The Labute approximate surface area is 128 Å². The van der Waals surface area contributed by atoms with E-state index in [4.69, 9.17) is 0 Å². The van der Waals surface area contributed by atoms with Crippen molar-refractivity contribution >= 4 is 33.3 Å². The molecule has 8 heteroatoms. The van der Waals surface area contributed by atoms with Crippen molar-refractivity contribution in [2.75, 3.05) is 28.0 Å². The van der Waals surface area contributed by atoms with Crippen molar-refractivity contribution in [2.24, 2.45) is 0 Å². The summed E-state index contributed by atoms with van der Waals surface area (Å²) in [5.41, 5.74) is 0.737. The molecule has 0 unspecified atom stereocenters. The Morgan fingerprint density at radius 3 is 2.36 bits per heavy atom. The summed E-state index contributed by atoms with van der Waals surface area (Å²) in [4.78, 5) is 24.7. The number of benzene rings is 1. The van der Waals surface area contributed by atoms with Gasteiger partial charge in [-0.1, -0.05) is 0 Å². The average Bonchev–Trinajstić information content (AvgIpc) is 3.03. The van der Waals surface area contributed by atoms with Gasteiger partial charge in [0.2, 0.25) is 15.9 Å². The molecular weight excluding hydrogens is 308 g/mol. The largest absolute Gasteiger partial charge is 0.478 e. The van der Waals surface area contributed by atoms with Crippen LogP contribution in [0.2, 0.25) is 0 Å². The third kappa shape index (κ3) is 2.54. The molecule has 2 aliphatic heterocycles. The molecule has 0 aromatic heterocycles. The monoisotopic (exact) mass is 324 g/mol. The van der Waals surface area contributed by atoms with E-state index in [1.807, 2.05) is 0 Å². The Hall–Kier alpha value is -2.09. The normalized spacial score (nSPS) is 20.6. The lowest BCUT2D eigenvalue weighted by Gasteiger charge is -2.22. The predicted octanol–water partition coefficient (Wildman–Crippen LogP) is 1.05. The standard InChI is InChI=1S/C14H16N2O5S/c17-13-3-1-4-15(13)11-7-10(14(18)19)8-12(9-11)16-5-2-6-22(16,20)21/h7-9H,1-6H2,(H,18,19). The lowest BCUT2D eigenvalue weighted by atomic mass is 10.1. The van der Waals surface area contributed by atoms with Crippen LogP contribution in [0, 0.1) is 0 Å². The molecule has 2 heterocycles. The fraction of sp³-hybridized carbons (Fsp3) is 0.429. The Kier molecular flexibility index (Phi) is 3.56. The van der Waals surface area contributed by atoms with Crippen molar-refractivity contribution in [2.45, 2.75) is 19.3 Å². The third-order valence-electron chi connectivity index (χ3n) is 3.92. The number of carbonyl (C=O) groups is 2. The maximum Gasteiger partial charge on any atom is 0.335 e. The maximum absolute atomic E-state index is 12.0. The van der Waals surface area contributed by atoms with Gasteiger partial charge in [-0.15, -0.1) is 0 Å². The van der Waals surface area contributed by atoms with E-state index in [-0.39, 0.29) is 17.2 Å². The number of carboxylic acids is 1. The van der Waals surface area contributed by atoms with E-state index < -0.39 is 16.0 Å². The van der Waals surface area contributed by atoms with Crippen molar-refractivity contribution in [3.8, 4) is 0 Å². The Balaban J connectivity index is 2.08. The number of nitrogens with zero attached hydrogens (tertiary/aromatic N) is 2. The summed E-state index contributed by atoms with van der Waals surface area (Å²) in [5, 5.41) is 9.24. The van der Waals surface area contributed by atoms with Crippen LogP contribution >= 0.6 is 0 Å². The molecule has 1 amide bonds. The summed E-state index contributed by atoms with van der Waals surface area (Å²) in [6.45, 7) is 0.854. The van der Waals surface area contributed by atoms with E-state index in [2.05, 4.69) is 0 Å². The van der Waals surface area contributed by atoms with Crippen LogP contribution in [0.15, 0.2) is 18.2 Å². The highest BCUT2D eigenvalue weighted by Crippen LogP contribution is 2.31. The van der Waals surface area contributed by atoms with Crippen LogP contribution in [0.3, 0.4) is 0 Å². The first kappa shape index (κ1) is 14.8. The molecule has 0 bridgehead atoms. The van der Waals surface area contributed by atoms with Crippen molar-refractivity contribution in [1.82, 2.24) is 0 Å². The van der Waals surface area contributed by atoms with Crippen LogP contribution in [-0.2, 0) is 14.8 Å². The highest BCUT2D eigenvalue weighted by atomic mass is 32.2. The summed E-state index contributed by atoms with van der Waals surface area (Å²) in [7, 11) is -3.40. The van der Waals surface area contributed by atoms with Gasteiger partial charge in [0.25, 0.3) is 0 Å². The second-order valence-corrected chi connectivity index (χ2v) is 7.45. The second-order valence-electron chi connectivity index (χ2n) is 5.43. The minimum Gasteiger partial charge on any atom is -0.478 e. The van der Waals surface area contributed by atoms with Gasteiger partial charge >= 0.3 is 5.97 Å². The van der Waals surface area contributed by atoms with Gasteiger partial charge in [-0.2, -0.15) is 0 Å². The van der Waals surface area contributed by atoms with Gasteiger partial charge in [-0.25, -0.2) is 13.2 Å². The fourth-order valence-electron chi connectivity index (χ4n) is 2.87. The van der Waals surface area contributed by atoms with Gasteiger partial charge < -0.3 is 10.0 Å². The molecule has 0 aliphatic carbocycles. The molecule has 0 radical (unpaired) electrons. The van der Waals surface area contributed by atoms with Crippen LogP contribution in [0.4, 0.5) is 11.4 Å². The minimum absolute atomic E-state index is 0.0192. The zero-order valence-corrected chi connectivity index (χ0v) is 12.7. The van der Waals surface area contributed by atoms with Crippen LogP contribution in [0.1, 0.15) is 29.6 Å². The fourth-order valence-corrected chi connectivity index (χ4v) is 4.42. The number of carbonyl (C=O) groups excluding carboxylic acids is 1. The summed E-state index contributed by atoms with van der Waals surface area (Å²) >= 11 is 0. The van der Waals surface area contributed by atoms with Gasteiger partial charge in [0, 0.05) is 25.2 Å². The number of anilines is 2. The van der Waals surface area contributed by atoms with Crippen molar-refractivity contribution in [1.29, 1.82) is 0 Å². The van der Waals surface area contributed by atoms with E-state index in [0.717, 1.165) is 0 Å². The SMILES string of the molecule is O=C(O)c1cc(N2CCCC2=O)cc(N2CCCS2(=O)=O)c1. The highest BCUT2D eigenvalue weighted by Gasteiger charge is 2.30. The molecule has 2 aliphatic rings. The van der Waals surface area contributed by atoms with Crippen LogP contribution in [0.5, 0.6) is 0 Å². The molecule has 0 saturated carbocycles. The minimum atomic E-state index is -3.40. The van der Waals surface area contributed by atoms with Gasteiger partial charge in [-0.05, 0) is 31.0 Å². The molecule has 1 aromatic carbocycles. The zero-order chi connectivity index (χ0) is 15.9. The summed E-state index contributed by atoms with van der Waals surface area (Å²) in [6, 6.07) is 4.34. The molecule has 2 saturated heterocycles. The number of hydrogen-bond donors (Lipinski definition) is 1. The molecule has 0 atom stereocenters. The average molecular weight is 324 g/mol. The molecule has 22 heavy (non-hydrogen) atoms. The highest BCUT2D eigenvalue weighted by molar-refractivity contribution is 7.93. The molecule has 1 aromatic rings. The molecule has 118 valence electrons. The van der Waals surface area contributed by atoms with Crippen molar-refractivity contribution < 1.29 is 23.1 Å². The lowest BCUT2D eigenvalue weighted by molar-refractivity contribution is -0.117. The predicted molar refractivity (Wildman–Crippen MR) is 80.7 cm³/mol. The van der Waals surface area contributed by atoms with Gasteiger partial charge in [0.15, 0.2) is 0 Å². The van der Waals surface area contributed by atoms with E-state index in [1.165, 1.54) is 21.3 Å².